The first kappa shape index (κ1) is 22.0. The normalized spacial score (nSPS) is 15.1. The monoisotopic (exact) mass is 445 g/mol. The summed E-state index contributed by atoms with van der Waals surface area (Å²) in [5, 5.41) is -0.270. The molecule has 0 aliphatic carbocycles. The number of imide groups is 1. The van der Waals surface area contributed by atoms with Gasteiger partial charge in [-0.25, -0.2) is 4.90 Å². The van der Waals surface area contributed by atoms with Gasteiger partial charge in [0, 0.05) is 35.9 Å². The fraction of sp³-hybridized carbons (Fsp3) is 0.231. The second-order valence-corrected chi connectivity index (χ2v) is 8.70. The summed E-state index contributed by atoms with van der Waals surface area (Å²) < 4.78 is 2.18. The molecule has 1 saturated heterocycles. The lowest BCUT2D eigenvalue weighted by atomic mass is 10.2. The van der Waals surface area contributed by atoms with Crippen LogP contribution >= 0.6 is 11.8 Å². The van der Waals surface area contributed by atoms with Gasteiger partial charge in [-0.15, -0.1) is 0 Å². The highest BCUT2D eigenvalue weighted by atomic mass is 32.2. The van der Waals surface area contributed by atoms with Crippen LogP contribution in [0.3, 0.4) is 0 Å². The summed E-state index contributed by atoms with van der Waals surface area (Å²) in [5.74, 6) is -0.278. The zero-order chi connectivity index (χ0) is 22.8. The Balaban J connectivity index is 1.64. The zero-order valence-corrected chi connectivity index (χ0v) is 19.6. The summed E-state index contributed by atoms with van der Waals surface area (Å²) in [4.78, 5) is 29.5. The smallest absolute Gasteiger partial charge is 0.298 e. The first-order chi connectivity index (χ1) is 15.4. The summed E-state index contributed by atoms with van der Waals surface area (Å²) in [6.07, 6.45) is 1.83. The Morgan fingerprint density at radius 1 is 0.906 bits per heavy atom. The SMILES string of the molecule is CCN(CC)c1ccc(-n2c(C)cc(/C=C3/SC(=O)N(c4ccccc4)C3=O)c2C)cc1. The summed E-state index contributed by atoms with van der Waals surface area (Å²) in [5.41, 5.74) is 5.92. The van der Waals surface area contributed by atoms with E-state index in [2.05, 4.69) is 60.6 Å². The zero-order valence-electron chi connectivity index (χ0n) is 18.8. The predicted molar refractivity (Wildman–Crippen MR) is 134 cm³/mol. The van der Waals surface area contributed by atoms with Gasteiger partial charge in [0.25, 0.3) is 11.1 Å². The molecule has 0 radical (unpaired) electrons. The molecule has 0 N–H and O–H groups in total. The first-order valence-corrected chi connectivity index (χ1v) is 11.6. The van der Waals surface area contributed by atoms with Crippen molar-refractivity contribution in [3.63, 3.8) is 0 Å². The molecule has 5 nitrogen and oxygen atoms in total. The number of carbonyl (C=O) groups excluding carboxylic acids is 2. The van der Waals surface area contributed by atoms with Gasteiger partial charge in [-0.3, -0.25) is 9.59 Å². The van der Waals surface area contributed by atoms with Crippen LogP contribution in [-0.2, 0) is 4.79 Å². The Morgan fingerprint density at radius 2 is 1.56 bits per heavy atom. The third-order valence-corrected chi connectivity index (χ3v) is 6.67. The van der Waals surface area contributed by atoms with Crippen LogP contribution in [0.4, 0.5) is 16.2 Å². The largest absolute Gasteiger partial charge is 0.372 e. The van der Waals surface area contributed by atoms with E-state index in [1.54, 1.807) is 12.1 Å². The highest BCUT2D eigenvalue weighted by Gasteiger charge is 2.36. The standard InChI is InChI=1S/C26H27N3O2S/c1-5-27(6-2)21-12-14-23(15-13-21)28-18(3)16-20(19(28)4)17-24-25(30)29(26(31)32-24)22-10-8-7-9-11-22/h7-17H,5-6H2,1-4H3/b24-17+. The summed E-state index contributed by atoms with van der Waals surface area (Å²) in [6.45, 7) is 10.4. The van der Waals surface area contributed by atoms with Gasteiger partial charge in [0.15, 0.2) is 0 Å². The van der Waals surface area contributed by atoms with Crippen LogP contribution in [-0.4, -0.2) is 28.8 Å². The van der Waals surface area contributed by atoms with Crippen LogP contribution in [0, 0.1) is 13.8 Å². The fourth-order valence-corrected chi connectivity index (χ4v) is 4.97. The lowest BCUT2D eigenvalue weighted by molar-refractivity contribution is -0.113. The average Bonchev–Trinajstić information content (AvgIpc) is 3.24. The quantitative estimate of drug-likeness (QED) is 0.425. The van der Waals surface area contributed by atoms with Crippen LogP contribution in [0.25, 0.3) is 11.8 Å². The van der Waals surface area contributed by atoms with E-state index >= 15 is 0 Å². The third kappa shape index (κ3) is 3.98. The van der Waals surface area contributed by atoms with Gasteiger partial charge in [0.1, 0.15) is 0 Å². The maximum absolute atomic E-state index is 13.0. The molecule has 0 spiro atoms. The van der Waals surface area contributed by atoms with E-state index in [9.17, 15) is 9.59 Å². The average molecular weight is 446 g/mol. The van der Waals surface area contributed by atoms with Crippen molar-refractivity contribution in [2.45, 2.75) is 27.7 Å². The van der Waals surface area contributed by atoms with E-state index in [0.29, 0.717) is 10.6 Å². The van der Waals surface area contributed by atoms with Crippen molar-refractivity contribution >= 4 is 40.4 Å². The molecule has 0 unspecified atom stereocenters. The number of hydrogen-bond donors (Lipinski definition) is 0. The Kier molecular flexibility index (Phi) is 6.24. The number of aromatic nitrogens is 1. The first-order valence-electron chi connectivity index (χ1n) is 10.8. The number of rotatable bonds is 6. The number of thioether (sulfide) groups is 1. The van der Waals surface area contributed by atoms with E-state index in [1.165, 1.54) is 10.6 Å². The summed E-state index contributed by atoms with van der Waals surface area (Å²) >= 11 is 0.985. The molecule has 164 valence electrons. The van der Waals surface area contributed by atoms with Crippen LogP contribution in [0.5, 0.6) is 0 Å². The van der Waals surface area contributed by atoms with Gasteiger partial charge in [0.05, 0.1) is 10.6 Å². The van der Waals surface area contributed by atoms with Crippen LogP contribution in [0.15, 0.2) is 65.6 Å². The number of carbonyl (C=O) groups is 2. The minimum Gasteiger partial charge on any atom is -0.372 e. The van der Waals surface area contributed by atoms with Gasteiger partial charge < -0.3 is 9.47 Å². The fourth-order valence-electron chi connectivity index (χ4n) is 4.14. The molecular formula is C26H27N3O2S. The molecular weight excluding hydrogens is 418 g/mol. The molecule has 1 aliphatic heterocycles. The van der Waals surface area contributed by atoms with Crippen molar-refractivity contribution in [1.82, 2.24) is 4.57 Å². The highest BCUT2D eigenvalue weighted by molar-refractivity contribution is 8.19. The van der Waals surface area contributed by atoms with Gasteiger partial charge in [-0.05, 0) is 93.6 Å². The van der Waals surface area contributed by atoms with Crippen molar-refractivity contribution in [2.24, 2.45) is 0 Å². The van der Waals surface area contributed by atoms with Crippen LogP contribution < -0.4 is 9.80 Å². The van der Waals surface area contributed by atoms with Crippen molar-refractivity contribution in [2.75, 3.05) is 22.9 Å². The van der Waals surface area contributed by atoms with Crippen LogP contribution in [0.2, 0.25) is 0 Å². The topological polar surface area (TPSA) is 45.6 Å². The number of hydrogen-bond acceptors (Lipinski definition) is 4. The van der Waals surface area contributed by atoms with E-state index < -0.39 is 0 Å². The molecule has 6 heteroatoms. The highest BCUT2D eigenvalue weighted by Crippen LogP contribution is 2.36. The summed E-state index contributed by atoms with van der Waals surface area (Å²) in [7, 11) is 0. The molecule has 2 heterocycles. The Morgan fingerprint density at radius 3 is 2.19 bits per heavy atom. The van der Waals surface area contributed by atoms with E-state index in [1.807, 2.05) is 31.2 Å². The molecule has 0 atom stereocenters. The lowest BCUT2D eigenvalue weighted by Gasteiger charge is -2.21. The van der Waals surface area contributed by atoms with E-state index in [0.717, 1.165) is 47.5 Å². The maximum Gasteiger partial charge on any atom is 0.298 e. The molecule has 0 saturated carbocycles. The number of para-hydroxylation sites is 1. The number of amides is 2. The minimum absolute atomic E-state index is 0.270. The number of nitrogens with zero attached hydrogens (tertiary/aromatic N) is 3. The lowest BCUT2D eigenvalue weighted by Crippen LogP contribution is -2.27. The molecule has 1 fully saturated rings. The second kappa shape index (κ2) is 9.09. The Hall–Kier alpha value is -3.25. The van der Waals surface area contributed by atoms with Crippen LogP contribution in [0.1, 0.15) is 30.8 Å². The molecule has 2 aromatic carbocycles. The van der Waals surface area contributed by atoms with Crippen molar-refractivity contribution < 1.29 is 9.59 Å². The molecule has 2 amide bonds. The molecule has 0 bridgehead atoms. The van der Waals surface area contributed by atoms with E-state index in [4.69, 9.17) is 0 Å². The molecule has 4 rings (SSSR count). The van der Waals surface area contributed by atoms with Gasteiger partial charge in [-0.1, -0.05) is 18.2 Å². The predicted octanol–water partition coefficient (Wildman–Crippen LogP) is 6.18. The maximum atomic E-state index is 13.0. The second-order valence-electron chi connectivity index (χ2n) is 7.70. The Labute approximate surface area is 193 Å². The molecule has 1 aromatic heterocycles. The Bertz CT molecular complexity index is 1180. The van der Waals surface area contributed by atoms with Gasteiger partial charge in [0.2, 0.25) is 0 Å². The molecule has 32 heavy (non-hydrogen) atoms. The minimum atomic E-state index is -0.278. The van der Waals surface area contributed by atoms with E-state index in [-0.39, 0.29) is 11.1 Å². The summed E-state index contributed by atoms with van der Waals surface area (Å²) in [6, 6.07) is 19.6. The number of anilines is 2. The van der Waals surface area contributed by atoms with Crippen molar-refractivity contribution in [1.29, 1.82) is 0 Å². The third-order valence-electron chi connectivity index (χ3n) is 5.80. The molecule has 3 aromatic rings. The van der Waals surface area contributed by atoms with Crippen molar-refractivity contribution in [3.8, 4) is 5.69 Å². The van der Waals surface area contributed by atoms with Gasteiger partial charge >= 0.3 is 0 Å². The van der Waals surface area contributed by atoms with Crippen molar-refractivity contribution in [3.05, 3.63) is 82.5 Å². The number of aryl methyl sites for hydroxylation is 1. The molecule has 1 aliphatic rings. The van der Waals surface area contributed by atoms with Gasteiger partial charge in [-0.2, -0.15) is 0 Å². The number of benzene rings is 2.